The van der Waals surface area contributed by atoms with Crippen LogP contribution in [0.5, 0.6) is 0 Å². The minimum absolute atomic E-state index is 0.104. The molecule has 0 aromatic heterocycles. The van der Waals surface area contributed by atoms with Crippen molar-refractivity contribution in [3.8, 4) is 0 Å². The van der Waals surface area contributed by atoms with Crippen molar-refractivity contribution in [2.24, 2.45) is 11.3 Å². The van der Waals surface area contributed by atoms with Gasteiger partial charge in [-0.15, -0.1) is 0 Å². The van der Waals surface area contributed by atoms with Crippen LogP contribution < -0.4 is 0 Å². The molecule has 1 aliphatic heterocycles. The van der Waals surface area contributed by atoms with Crippen LogP contribution in [0.15, 0.2) is 0 Å². The van der Waals surface area contributed by atoms with E-state index in [4.69, 9.17) is 5.11 Å². The monoisotopic (exact) mass is 213 g/mol. The molecule has 0 amide bonds. The first-order chi connectivity index (χ1) is 6.88. The summed E-state index contributed by atoms with van der Waals surface area (Å²) in [4.78, 5) is 13.5. The van der Waals surface area contributed by atoms with Gasteiger partial charge in [0.15, 0.2) is 0 Å². The Kier molecular flexibility index (Phi) is 3.77. The summed E-state index contributed by atoms with van der Waals surface area (Å²) in [6.45, 7) is 10.4. The highest BCUT2D eigenvalue weighted by atomic mass is 16.4. The first-order valence-electron chi connectivity index (χ1n) is 5.85. The molecule has 1 fully saturated rings. The summed E-state index contributed by atoms with van der Waals surface area (Å²) in [6.07, 6.45) is 1.92. The Morgan fingerprint density at radius 2 is 2.20 bits per heavy atom. The van der Waals surface area contributed by atoms with Crippen LogP contribution in [0.2, 0.25) is 0 Å². The number of hydrogen-bond acceptors (Lipinski definition) is 2. The van der Waals surface area contributed by atoms with Crippen molar-refractivity contribution in [2.45, 2.75) is 46.6 Å². The van der Waals surface area contributed by atoms with Crippen molar-refractivity contribution in [2.75, 3.05) is 13.1 Å². The Morgan fingerprint density at radius 1 is 1.60 bits per heavy atom. The average molecular weight is 213 g/mol. The molecule has 0 saturated carbocycles. The summed E-state index contributed by atoms with van der Waals surface area (Å²) < 4.78 is 0. The van der Waals surface area contributed by atoms with Crippen molar-refractivity contribution >= 4 is 5.97 Å². The second-order valence-corrected chi connectivity index (χ2v) is 5.40. The van der Waals surface area contributed by atoms with Gasteiger partial charge in [0.05, 0.1) is 5.92 Å². The van der Waals surface area contributed by atoms with E-state index in [1.54, 1.807) is 0 Å². The number of rotatable bonds is 3. The van der Waals surface area contributed by atoms with E-state index in [0.29, 0.717) is 6.04 Å². The van der Waals surface area contributed by atoms with E-state index in [1.807, 2.05) is 0 Å². The maximum Gasteiger partial charge on any atom is 0.307 e. The number of carboxylic acid groups (broad SMARTS) is 1. The largest absolute Gasteiger partial charge is 0.481 e. The highest BCUT2D eigenvalue weighted by Gasteiger charge is 2.40. The maximum absolute atomic E-state index is 11.1. The van der Waals surface area contributed by atoms with Crippen molar-refractivity contribution in [3.05, 3.63) is 0 Å². The molecule has 1 aliphatic rings. The van der Waals surface area contributed by atoms with E-state index in [9.17, 15) is 4.79 Å². The third kappa shape index (κ3) is 2.71. The van der Waals surface area contributed by atoms with Gasteiger partial charge in [0.2, 0.25) is 0 Å². The summed E-state index contributed by atoms with van der Waals surface area (Å²) in [5.41, 5.74) is -0.104. The van der Waals surface area contributed by atoms with E-state index in [-0.39, 0.29) is 11.3 Å². The van der Waals surface area contributed by atoms with Crippen LogP contribution in [0, 0.1) is 11.3 Å². The fourth-order valence-electron chi connectivity index (χ4n) is 2.49. The van der Waals surface area contributed by atoms with Gasteiger partial charge in [-0.1, -0.05) is 20.8 Å². The van der Waals surface area contributed by atoms with Crippen LogP contribution in [-0.4, -0.2) is 35.1 Å². The van der Waals surface area contributed by atoms with Crippen molar-refractivity contribution < 1.29 is 9.90 Å². The van der Waals surface area contributed by atoms with Gasteiger partial charge < -0.3 is 10.0 Å². The summed E-state index contributed by atoms with van der Waals surface area (Å²) in [5, 5.41) is 9.14. The molecule has 1 N–H and O–H groups in total. The number of carbonyl (C=O) groups is 1. The zero-order valence-electron chi connectivity index (χ0n) is 10.3. The molecule has 0 aromatic rings. The molecule has 0 aromatic carbocycles. The van der Waals surface area contributed by atoms with Gasteiger partial charge >= 0.3 is 5.97 Å². The maximum atomic E-state index is 11.1. The minimum atomic E-state index is -0.635. The molecule has 0 radical (unpaired) electrons. The first-order valence-corrected chi connectivity index (χ1v) is 5.85. The van der Waals surface area contributed by atoms with Crippen LogP contribution in [0.1, 0.15) is 40.5 Å². The van der Waals surface area contributed by atoms with Gasteiger partial charge in [-0.3, -0.25) is 4.79 Å². The standard InChI is InChI=1S/C12H23NO2/c1-5-9(2)13-7-6-10(11(14)15)12(3,4)8-13/h9-10H,5-8H2,1-4H3,(H,14,15). The Labute approximate surface area is 92.5 Å². The van der Waals surface area contributed by atoms with Crippen LogP contribution >= 0.6 is 0 Å². The molecule has 0 bridgehead atoms. The van der Waals surface area contributed by atoms with Gasteiger partial charge in [0, 0.05) is 12.6 Å². The third-order valence-corrected chi connectivity index (χ3v) is 3.77. The van der Waals surface area contributed by atoms with Crippen LogP contribution in [-0.2, 0) is 4.79 Å². The summed E-state index contributed by atoms with van der Waals surface area (Å²) >= 11 is 0. The van der Waals surface area contributed by atoms with Crippen molar-refractivity contribution in [1.82, 2.24) is 4.90 Å². The van der Waals surface area contributed by atoms with Gasteiger partial charge in [0.1, 0.15) is 0 Å². The molecule has 2 atom stereocenters. The highest BCUT2D eigenvalue weighted by Crippen LogP contribution is 2.35. The van der Waals surface area contributed by atoms with E-state index in [1.165, 1.54) is 0 Å². The SMILES string of the molecule is CCC(C)N1CCC(C(=O)O)C(C)(C)C1. The summed E-state index contributed by atoms with van der Waals surface area (Å²) in [7, 11) is 0. The highest BCUT2D eigenvalue weighted by molar-refractivity contribution is 5.71. The molecule has 1 rings (SSSR count). The molecular weight excluding hydrogens is 190 g/mol. The van der Waals surface area contributed by atoms with Crippen LogP contribution in [0.3, 0.4) is 0 Å². The van der Waals surface area contributed by atoms with Crippen LogP contribution in [0.25, 0.3) is 0 Å². The Bertz CT molecular complexity index is 238. The topological polar surface area (TPSA) is 40.5 Å². The van der Waals surface area contributed by atoms with Gasteiger partial charge in [-0.2, -0.15) is 0 Å². The smallest absolute Gasteiger partial charge is 0.307 e. The summed E-state index contributed by atoms with van der Waals surface area (Å²) in [6, 6.07) is 0.569. The normalized spacial score (nSPS) is 28.7. The number of carboxylic acids is 1. The lowest BCUT2D eigenvalue weighted by Gasteiger charge is -2.44. The average Bonchev–Trinajstić information content (AvgIpc) is 2.14. The van der Waals surface area contributed by atoms with E-state index in [0.717, 1.165) is 25.9 Å². The lowest BCUT2D eigenvalue weighted by Crippen LogP contribution is -2.51. The molecule has 1 heterocycles. The second kappa shape index (κ2) is 4.52. The molecule has 3 heteroatoms. The Morgan fingerprint density at radius 3 is 2.60 bits per heavy atom. The van der Waals surface area contributed by atoms with Crippen LogP contribution in [0.4, 0.5) is 0 Å². The van der Waals surface area contributed by atoms with Gasteiger partial charge in [-0.05, 0) is 31.7 Å². The molecular formula is C12H23NO2. The van der Waals surface area contributed by atoms with Crippen molar-refractivity contribution in [1.29, 1.82) is 0 Å². The number of piperidine rings is 1. The predicted octanol–water partition coefficient (Wildman–Crippen LogP) is 2.22. The van der Waals surface area contributed by atoms with Gasteiger partial charge in [-0.25, -0.2) is 0 Å². The fraction of sp³-hybridized carbons (Fsp3) is 0.917. The quantitative estimate of drug-likeness (QED) is 0.781. The molecule has 88 valence electrons. The molecule has 0 aliphatic carbocycles. The lowest BCUT2D eigenvalue weighted by molar-refractivity contribution is -0.149. The fourth-order valence-corrected chi connectivity index (χ4v) is 2.49. The lowest BCUT2D eigenvalue weighted by atomic mass is 9.73. The number of aliphatic carboxylic acids is 1. The van der Waals surface area contributed by atoms with Crippen molar-refractivity contribution in [3.63, 3.8) is 0 Å². The van der Waals surface area contributed by atoms with Gasteiger partial charge in [0.25, 0.3) is 0 Å². The Balaban J connectivity index is 2.68. The molecule has 3 nitrogen and oxygen atoms in total. The molecule has 15 heavy (non-hydrogen) atoms. The van der Waals surface area contributed by atoms with E-state index in [2.05, 4.69) is 32.6 Å². The first kappa shape index (κ1) is 12.5. The zero-order chi connectivity index (χ0) is 11.6. The van der Waals surface area contributed by atoms with E-state index < -0.39 is 5.97 Å². The molecule has 2 unspecified atom stereocenters. The predicted molar refractivity (Wildman–Crippen MR) is 60.8 cm³/mol. The number of hydrogen-bond donors (Lipinski definition) is 1. The third-order valence-electron chi connectivity index (χ3n) is 3.77. The Hall–Kier alpha value is -0.570. The molecule has 0 spiro atoms. The second-order valence-electron chi connectivity index (χ2n) is 5.40. The minimum Gasteiger partial charge on any atom is -0.481 e. The number of nitrogens with zero attached hydrogens (tertiary/aromatic N) is 1. The zero-order valence-corrected chi connectivity index (χ0v) is 10.3. The summed E-state index contributed by atoms with van der Waals surface area (Å²) in [5.74, 6) is -0.818. The number of likely N-dealkylation sites (tertiary alicyclic amines) is 1. The van der Waals surface area contributed by atoms with E-state index >= 15 is 0 Å². The molecule has 1 saturated heterocycles.